The van der Waals surface area contributed by atoms with Crippen LogP contribution in [0.1, 0.15) is 12.8 Å². The van der Waals surface area contributed by atoms with Gasteiger partial charge in [-0.25, -0.2) is 8.42 Å². The first-order valence-electron chi connectivity index (χ1n) is 6.37. The quantitative estimate of drug-likeness (QED) is 0.659. The first-order valence-corrected chi connectivity index (χ1v) is 7.98. The standard InChI is InChI=1S/C12H15N3O5S/c16-10(17)4-1-5-13-12(18)9-3-2-6-15-7-8-21(19,20)14-11(9)15/h2-3,6H,1,4-5,7-8H2,(H,13,18)(H,16,17). The average Bonchev–Trinajstić information content (AvgIpc) is 2.41. The van der Waals surface area contributed by atoms with Crippen molar-refractivity contribution in [3.63, 3.8) is 0 Å². The van der Waals surface area contributed by atoms with E-state index in [0.29, 0.717) is 6.42 Å². The van der Waals surface area contributed by atoms with Crippen LogP contribution in [0, 0.1) is 0 Å². The van der Waals surface area contributed by atoms with Crippen LogP contribution < -0.4 is 5.32 Å². The fourth-order valence-electron chi connectivity index (χ4n) is 1.93. The smallest absolute Gasteiger partial charge is 0.303 e. The molecule has 8 nitrogen and oxygen atoms in total. The van der Waals surface area contributed by atoms with Crippen LogP contribution in [0.5, 0.6) is 0 Å². The number of sulfonamides is 1. The first kappa shape index (κ1) is 15.2. The maximum atomic E-state index is 12.0. The van der Waals surface area contributed by atoms with Gasteiger partial charge in [-0.15, -0.1) is 4.40 Å². The number of carbonyl (C=O) groups excluding carboxylic acids is 1. The summed E-state index contributed by atoms with van der Waals surface area (Å²) in [5.74, 6) is -1.38. The van der Waals surface area contributed by atoms with Gasteiger partial charge in [0.25, 0.3) is 15.9 Å². The lowest BCUT2D eigenvalue weighted by Gasteiger charge is -2.28. The van der Waals surface area contributed by atoms with Crippen molar-refractivity contribution < 1.29 is 23.1 Å². The summed E-state index contributed by atoms with van der Waals surface area (Å²) in [7, 11) is -3.54. The van der Waals surface area contributed by atoms with Crippen molar-refractivity contribution in [1.82, 2.24) is 10.2 Å². The molecule has 1 amide bonds. The summed E-state index contributed by atoms with van der Waals surface area (Å²) >= 11 is 0. The van der Waals surface area contributed by atoms with Gasteiger partial charge in [0.05, 0.1) is 11.3 Å². The highest BCUT2D eigenvalue weighted by atomic mass is 32.2. The Labute approximate surface area is 121 Å². The number of amides is 1. The van der Waals surface area contributed by atoms with Crippen LogP contribution in [0.3, 0.4) is 0 Å². The molecule has 0 unspecified atom stereocenters. The van der Waals surface area contributed by atoms with Crippen LogP contribution in [0.15, 0.2) is 28.3 Å². The minimum absolute atomic E-state index is 0.0410. The third-order valence-corrected chi connectivity index (χ3v) is 4.10. The Hall–Kier alpha value is -2.16. The van der Waals surface area contributed by atoms with E-state index in [2.05, 4.69) is 9.71 Å². The number of aliphatic carboxylic acids is 1. The second-order valence-corrected chi connectivity index (χ2v) is 6.32. The summed E-state index contributed by atoms with van der Waals surface area (Å²) < 4.78 is 26.7. The predicted octanol–water partition coefficient (Wildman–Crippen LogP) is -0.535. The lowest BCUT2D eigenvalue weighted by Crippen LogP contribution is -2.42. The van der Waals surface area contributed by atoms with Crippen molar-refractivity contribution >= 4 is 27.7 Å². The number of allylic oxidation sites excluding steroid dienone is 2. The highest BCUT2D eigenvalue weighted by Crippen LogP contribution is 2.17. The SMILES string of the molecule is O=C(O)CCCNC(=O)C1=CC=CN2CCS(=O)(=O)N=C12. The van der Waals surface area contributed by atoms with E-state index in [1.54, 1.807) is 17.2 Å². The molecule has 0 aromatic heterocycles. The number of hydrogen-bond acceptors (Lipinski definition) is 5. The van der Waals surface area contributed by atoms with E-state index >= 15 is 0 Å². The molecular formula is C12H15N3O5S. The van der Waals surface area contributed by atoms with Crippen molar-refractivity contribution in [1.29, 1.82) is 0 Å². The van der Waals surface area contributed by atoms with Gasteiger partial charge in [-0.2, -0.15) is 0 Å². The van der Waals surface area contributed by atoms with Crippen molar-refractivity contribution in [2.75, 3.05) is 18.8 Å². The van der Waals surface area contributed by atoms with E-state index in [1.807, 2.05) is 0 Å². The van der Waals surface area contributed by atoms with E-state index in [0.717, 1.165) is 0 Å². The van der Waals surface area contributed by atoms with Gasteiger partial charge in [0.15, 0.2) is 5.84 Å². The second-order valence-electron chi connectivity index (χ2n) is 4.57. The van der Waals surface area contributed by atoms with Crippen molar-refractivity contribution in [2.45, 2.75) is 12.8 Å². The van der Waals surface area contributed by atoms with Crippen LogP contribution in [0.4, 0.5) is 0 Å². The lowest BCUT2D eigenvalue weighted by atomic mass is 10.1. The van der Waals surface area contributed by atoms with Crippen molar-refractivity contribution in [3.05, 3.63) is 23.9 Å². The number of nitrogens with one attached hydrogen (secondary N) is 1. The maximum absolute atomic E-state index is 12.0. The van der Waals surface area contributed by atoms with Crippen LogP contribution >= 0.6 is 0 Å². The van der Waals surface area contributed by atoms with Crippen molar-refractivity contribution in [3.8, 4) is 0 Å². The van der Waals surface area contributed by atoms with Gasteiger partial charge < -0.3 is 15.3 Å². The Balaban J connectivity index is 2.06. The average molecular weight is 313 g/mol. The number of fused-ring (bicyclic) bond motifs is 1. The molecule has 2 heterocycles. The molecule has 2 N–H and O–H groups in total. The Bertz CT molecular complexity index is 648. The van der Waals surface area contributed by atoms with Gasteiger partial charge in [0.2, 0.25) is 0 Å². The number of carboxylic acids is 1. The molecule has 114 valence electrons. The summed E-state index contributed by atoms with van der Waals surface area (Å²) in [5, 5.41) is 11.1. The largest absolute Gasteiger partial charge is 0.481 e. The Morgan fingerprint density at radius 3 is 2.90 bits per heavy atom. The monoisotopic (exact) mass is 313 g/mol. The molecule has 2 aliphatic heterocycles. The zero-order valence-corrected chi connectivity index (χ0v) is 12.0. The first-order chi connectivity index (χ1) is 9.89. The van der Waals surface area contributed by atoms with E-state index in [4.69, 9.17) is 5.11 Å². The molecule has 0 radical (unpaired) electrons. The molecule has 0 aromatic carbocycles. The number of hydrogen-bond donors (Lipinski definition) is 2. The molecule has 0 saturated heterocycles. The fourth-order valence-corrected chi connectivity index (χ4v) is 2.92. The highest BCUT2D eigenvalue weighted by Gasteiger charge is 2.29. The molecule has 0 atom stereocenters. The fraction of sp³-hybridized carbons (Fsp3) is 0.417. The van der Waals surface area contributed by atoms with Gasteiger partial charge in [-0.3, -0.25) is 9.59 Å². The van der Waals surface area contributed by atoms with E-state index in [1.165, 1.54) is 6.08 Å². The molecule has 21 heavy (non-hydrogen) atoms. The minimum atomic E-state index is -3.54. The molecule has 0 aliphatic carbocycles. The third kappa shape index (κ3) is 3.91. The topological polar surface area (TPSA) is 116 Å². The zero-order valence-electron chi connectivity index (χ0n) is 11.2. The van der Waals surface area contributed by atoms with Crippen LogP contribution in [0.2, 0.25) is 0 Å². The van der Waals surface area contributed by atoms with Crippen LogP contribution in [0.25, 0.3) is 0 Å². The molecular weight excluding hydrogens is 298 g/mol. The molecule has 9 heteroatoms. The second kappa shape index (κ2) is 6.08. The molecule has 0 spiro atoms. The predicted molar refractivity (Wildman–Crippen MR) is 75.0 cm³/mol. The normalized spacial score (nSPS) is 19.3. The molecule has 0 fully saturated rings. The minimum Gasteiger partial charge on any atom is -0.481 e. The summed E-state index contributed by atoms with van der Waals surface area (Å²) in [5.41, 5.74) is 0.163. The summed E-state index contributed by atoms with van der Waals surface area (Å²) in [4.78, 5) is 24.0. The van der Waals surface area contributed by atoms with Gasteiger partial charge in [-0.1, -0.05) is 0 Å². The van der Waals surface area contributed by atoms with Crippen LogP contribution in [-0.2, 0) is 19.6 Å². The summed E-state index contributed by atoms with van der Waals surface area (Å²) in [6, 6.07) is 0. The van der Waals surface area contributed by atoms with E-state index in [9.17, 15) is 18.0 Å². The highest BCUT2D eigenvalue weighted by molar-refractivity contribution is 7.90. The third-order valence-electron chi connectivity index (χ3n) is 2.96. The Morgan fingerprint density at radius 1 is 1.43 bits per heavy atom. The number of amidine groups is 1. The molecule has 2 aliphatic rings. The summed E-state index contributed by atoms with van der Waals surface area (Å²) in [6.45, 7) is 0.452. The van der Waals surface area contributed by atoms with Gasteiger partial charge >= 0.3 is 5.97 Å². The molecule has 2 rings (SSSR count). The van der Waals surface area contributed by atoms with E-state index in [-0.39, 0.29) is 36.7 Å². The molecule has 0 bridgehead atoms. The Kier molecular flexibility index (Phi) is 4.41. The van der Waals surface area contributed by atoms with Crippen LogP contribution in [-0.4, -0.2) is 55.0 Å². The Morgan fingerprint density at radius 2 is 2.19 bits per heavy atom. The van der Waals surface area contributed by atoms with Crippen molar-refractivity contribution in [2.24, 2.45) is 4.40 Å². The van der Waals surface area contributed by atoms with Gasteiger partial charge in [0.1, 0.15) is 0 Å². The van der Waals surface area contributed by atoms with Gasteiger partial charge in [0, 0.05) is 25.7 Å². The molecule has 0 saturated carbocycles. The number of carboxylic acid groups (broad SMARTS) is 1. The summed E-state index contributed by atoms with van der Waals surface area (Å²) in [6.07, 6.45) is 5.06. The van der Waals surface area contributed by atoms with E-state index < -0.39 is 21.9 Å². The molecule has 0 aromatic rings. The lowest BCUT2D eigenvalue weighted by molar-refractivity contribution is -0.137. The number of rotatable bonds is 5. The van der Waals surface area contributed by atoms with Gasteiger partial charge in [-0.05, 0) is 18.6 Å². The number of carbonyl (C=O) groups is 2. The zero-order chi connectivity index (χ0) is 15.5. The number of nitrogens with zero attached hydrogens (tertiary/aromatic N) is 2. The maximum Gasteiger partial charge on any atom is 0.303 e.